The topological polar surface area (TPSA) is 150 Å². The van der Waals surface area contributed by atoms with Gasteiger partial charge in [-0.05, 0) is 66.7 Å². The molecule has 6 rings (SSSR count). The molecule has 4 fully saturated rings. The van der Waals surface area contributed by atoms with E-state index in [1.165, 1.54) is 12.5 Å². The van der Waals surface area contributed by atoms with Crippen molar-refractivity contribution in [3.63, 3.8) is 0 Å². The summed E-state index contributed by atoms with van der Waals surface area (Å²) in [6.07, 6.45) is 1.85. The number of carbonyl (C=O) groups excluding carboxylic acids is 3. The normalized spacial score (nSPS) is 27.1. The van der Waals surface area contributed by atoms with Crippen molar-refractivity contribution in [1.29, 1.82) is 0 Å². The van der Waals surface area contributed by atoms with Crippen LogP contribution in [-0.4, -0.2) is 98.3 Å². The number of nitrogens with zero attached hydrogens (tertiary/aromatic N) is 2. The SMILES string of the molecule is C=CCOC(=O)CNC(=O)c1cc(-c2cccc(CN3O[C@@H](CO)[C@@H]([C@H](C)O)[C@H]3C(=O)N[C@H]3C[C@H]4C[C@@H]([C@@H]3C)C4(C)C)c2OC)cc(N(C)C)c1. The predicted molar refractivity (Wildman–Crippen MR) is 194 cm³/mol. The predicted octanol–water partition coefficient (Wildman–Crippen LogP) is 3.55. The number of anilines is 1. The van der Waals surface area contributed by atoms with E-state index in [4.69, 9.17) is 14.3 Å². The van der Waals surface area contributed by atoms with Gasteiger partial charge < -0.3 is 35.2 Å². The molecule has 2 bridgehead atoms. The summed E-state index contributed by atoms with van der Waals surface area (Å²) in [7, 11) is 5.29. The van der Waals surface area contributed by atoms with Crippen molar-refractivity contribution in [1.82, 2.24) is 15.7 Å². The average Bonchev–Trinajstić information content (AvgIpc) is 3.48. The second-order valence-electron chi connectivity index (χ2n) is 15.1. The third kappa shape index (κ3) is 7.79. The molecule has 0 unspecified atom stereocenters. The molecule has 278 valence electrons. The first kappa shape index (κ1) is 38.3. The van der Waals surface area contributed by atoms with Gasteiger partial charge in [-0.3, -0.25) is 19.2 Å². The van der Waals surface area contributed by atoms with Crippen LogP contribution in [0.1, 0.15) is 56.5 Å². The number of esters is 1. The third-order valence-corrected chi connectivity index (χ3v) is 11.5. The van der Waals surface area contributed by atoms with E-state index < -0.39 is 36.0 Å². The summed E-state index contributed by atoms with van der Waals surface area (Å²) < 4.78 is 11.0. The second kappa shape index (κ2) is 15.7. The van der Waals surface area contributed by atoms with Gasteiger partial charge in [-0.2, -0.15) is 5.06 Å². The van der Waals surface area contributed by atoms with Crippen molar-refractivity contribution in [2.24, 2.45) is 29.1 Å². The highest BCUT2D eigenvalue weighted by Crippen LogP contribution is 2.61. The Morgan fingerprint density at radius 3 is 2.55 bits per heavy atom. The average molecular weight is 707 g/mol. The van der Waals surface area contributed by atoms with Crippen molar-refractivity contribution < 1.29 is 38.9 Å². The molecule has 0 aromatic heterocycles. The highest BCUT2D eigenvalue weighted by molar-refractivity contribution is 5.98. The molecule has 3 aliphatic carbocycles. The molecule has 51 heavy (non-hydrogen) atoms. The van der Waals surface area contributed by atoms with Gasteiger partial charge in [0.15, 0.2) is 0 Å². The smallest absolute Gasteiger partial charge is 0.325 e. The first-order chi connectivity index (χ1) is 24.2. The number of rotatable bonds is 14. The first-order valence-electron chi connectivity index (χ1n) is 17.8. The van der Waals surface area contributed by atoms with E-state index >= 15 is 0 Å². The highest BCUT2D eigenvalue weighted by atomic mass is 16.7. The zero-order valence-corrected chi connectivity index (χ0v) is 30.8. The molecule has 12 nitrogen and oxygen atoms in total. The maximum Gasteiger partial charge on any atom is 0.325 e. The van der Waals surface area contributed by atoms with Gasteiger partial charge in [0, 0.05) is 48.4 Å². The van der Waals surface area contributed by atoms with Gasteiger partial charge in [0.1, 0.15) is 31.0 Å². The molecule has 0 spiro atoms. The lowest BCUT2D eigenvalue weighted by Gasteiger charge is -2.62. The zero-order valence-electron chi connectivity index (χ0n) is 30.8. The van der Waals surface area contributed by atoms with E-state index in [2.05, 4.69) is 38.0 Å². The Kier molecular flexibility index (Phi) is 11.8. The number of aliphatic hydroxyl groups excluding tert-OH is 2. The Hall–Kier alpha value is -3.97. The van der Waals surface area contributed by atoms with Crippen molar-refractivity contribution in [2.45, 2.75) is 71.4 Å². The summed E-state index contributed by atoms with van der Waals surface area (Å²) >= 11 is 0. The Morgan fingerprint density at radius 2 is 1.94 bits per heavy atom. The molecule has 8 atom stereocenters. The molecule has 4 aliphatic rings. The van der Waals surface area contributed by atoms with Crippen molar-refractivity contribution in [3.05, 3.63) is 60.2 Å². The quantitative estimate of drug-likeness (QED) is 0.170. The van der Waals surface area contributed by atoms with Crippen LogP contribution < -0.4 is 20.3 Å². The largest absolute Gasteiger partial charge is 0.496 e. The van der Waals surface area contributed by atoms with Gasteiger partial charge in [-0.15, -0.1) is 0 Å². The van der Waals surface area contributed by atoms with Crippen LogP contribution in [0.5, 0.6) is 5.75 Å². The van der Waals surface area contributed by atoms with Crippen LogP contribution in [-0.2, 0) is 25.7 Å². The van der Waals surface area contributed by atoms with E-state index in [0.29, 0.717) is 45.8 Å². The number of nitrogens with one attached hydrogen (secondary N) is 2. The number of hydroxylamine groups is 2. The van der Waals surface area contributed by atoms with E-state index in [9.17, 15) is 24.6 Å². The number of amides is 2. The lowest BCUT2D eigenvalue weighted by Crippen LogP contribution is -2.62. The summed E-state index contributed by atoms with van der Waals surface area (Å²) in [5.74, 6) is 0.00685. The summed E-state index contributed by atoms with van der Waals surface area (Å²) in [6.45, 7) is 11.5. The minimum Gasteiger partial charge on any atom is -0.496 e. The summed E-state index contributed by atoms with van der Waals surface area (Å²) in [5, 5.41) is 28.7. The minimum atomic E-state index is -0.922. The summed E-state index contributed by atoms with van der Waals surface area (Å²) in [4.78, 5) is 47.5. The maximum absolute atomic E-state index is 14.2. The number of methoxy groups -OCH3 is 1. The van der Waals surface area contributed by atoms with Gasteiger partial charge in [0.05, 0.1) is 26.4 Å². The van der Waals surface area contributed by atoms with Crippen LogP contribution >= 0.6 is 0 Å². The number of aliphatic hydroxyl groups is 2. The molecule has 1 heterocycles. The fourth-order valence-electron chi connectivity index (χ4n) is 8.44. The molecule has 2 aromatic rings. The minimum absolute atomic E-state index is 0.0185. The van der Waals surface area contributed by atoms with Gasteiger partial charge >= 0.3 is 5.97 Å². The molecule has 2 amide bonds. The van der Waals surface area contributed by atoms with Gasteiger partial charge in [-0.25, -0.2) is 0 Å². The molecule has 2 aromatic carbocycles. The number of ether oxygens (including phenoxy) is 2. The highest BCUT2D eigenvalue weighted by Gasteiger charge is 2.57. The number of fused-ring (bicyclic) bond motifs is 2. The fourth-order valence-corrected chi connectivity index (χ4v) is 8.44. The van der Waals surface area contributed by atoms with Gasteiger partial charge in [0.25, 0.3) is 5.91 Å². The monoisotopic (exact) mass is 706 g/mol. The first-order valence-corrected chi connectivity index (χ1v) is 17.8. The van der Waals surface area contributed by atoms with Crippen molar-refractivity contribution in [3.8, 4) is 16.9 Å². The molecule has 4 N–H and O–H groups in total. The van der Waals surface area contributed by atoms with E-state index in [1.807, 2.05) is 43.3 Å². The standard InChI is InChI=1S/C39H54N4O8/c1-9-13-50-33(46)19-40-37(47)26-14-25(15-28(16-26)42(6)7)29-12-10-11-24(36(29)49-8)20-43-35(34(23(3)45)32(21-44)51-43)38(48)41-31-18-27-17-30(22(31)2)39(27,4)5/h9-12,14-16,22-23,27,30-32,34-35,44-45H,1,13,17-21H2,2-8H3,(H,40,47)(H,41,48)/t22-,23-,27+,30-,31-,32-,34+,35-/m0/s1. The van der Waals surface area contributed by atoms with Crippen LogP contribution in [0.4, 0.5) is 5.69 Å². The molecular weight excluding hydrogens is 652 g/mol. The van der Waals surface area contributed by atoms with Gasteiger partial charge in [-0.1, -0.05) is 51.6 Å². The molecule has 3 saturated carbocycles. The number of benzene rings is 2. The Labute approximate surface area is 301 Å². The summed E-state index contributed by atoms with van der Waals surface area (Å²) in [5.41, 5.74) is 3.45. The molecule has 1 saturated heterocycles. The van der Waals surface area contributed by atoms with E-state index in [0.717, 1.165) is 12.1 Å². The number of carbonyl (C=O) groups is 3. The van der Waals surface area contributed by atoms with Crippen LogP contribution in [0.3, 0.4) is 0 Å². The van der Waals surface area contributed by atoms with Gasteiger partial charge in [0.2, 0.25) is 5.91 Å². The van der Waals surface area contributed by atoms with Crippen LogP contribution in [0.25, 0.3) is 11.1 Å². The molecule has 0 radical (unpaired) electrons. The Bertz CT molecular complexity index is 1610. The Morgan fingerprint density at radius 1 is 1.20 bits per heavy atom. The van der Waals surface area contributed by atoms with Crippen LogP contribution in [0.2, 0.25) is 0 Å². The van der Waals surface area contributed by atoms with Crippen LogP contribution in [0.15, 0.2) is 49.1 Å². The van der Waals surface area contributed by atoms with E-state index in [1.54, 1.807) is 31.2 Å². The molecule has 12 heteroatoms. The second-order valence-corrected chi connectivity index (χ2v) is 15.1. The third-order valence-electron chi connectivity index (χ3n) is 11.5. The van der Waals surface area contributed by atoms with Crippen LogP contribution in [0, 0.1) is 29.1 Å². The lowest BCUT2D eigenvalue weighted by molar-refractivity contribution is -0.183. The molecule has 1 aliphatic heterocycles. The fraction of sp³-hybridized carbons (Fsp3) is 0.564. The number of hydrogen-bond donors (Lipinski definition) is 4. The Balaban J connectivity index is 1.43. The number of hydrogen-bond acceptors (Lipinski definition) is 10. The summed E-state index contributed by atoms with van der Waals surface area (Å²) in [6, 6.07) is 10.2. The zero-order chi connectivity index (χ0) is 37.2. The van der Waals surface area contributed by atoms with Crippen molar-refractivity contribution in [2.75, 3.05) is 45.9 Å². The molecular formula is C39H54N4O8. The van der Waals surface area contributed by atoms with E-state index in [-0.39, 0.29) is 43.7 Å². The number of para-hydroxylation sites is 1. The maximum atomic E-state index is 14.2. The van der Waals surface area contributed by atoms with Crippen molar-refractivity contribution >= 4 is 23.5 Å². The lowest BCUT2D eigenvalue weighted by atomic mass is 9.45.